The van der Waals surface area contributed by atoms with Gasteiger partial charge in [-0.1, -0.05) is 27.7 Å². The van der Waals surface area contributed by atoms with Crippen LogP contribution in [0.25, 0.3) is 0 Å². The van der Waals surface area contributed by atoms with E-state index in [0.29, 0.717) is 5.92 Å². The van der Waals surface area contributed by atoms with Crippen molar-refractivity contribution in [3.63, 3.8) is 0 Å². The van der Waals surface area contributed by atoms with E-state index in [4.69, 9.17) is 9.97 Å². The highest BCUT2D eigenvalue weighted by atomic mass is 15.1. The van der Waals surface area contributed by atoms with Gasteiger partial charge in [-0.2, -0.15) is 0 Å². The Morgan fingerprint density at radius 3 is 2.20 bits per heavy atom. The highest BCUT2D eigenvalue weighted by molar-refractivity contribution is 5.57. The quantitative estimate of drug-likeness (QED) is 0.826. The van der Waals surface area contributed by atoms with Gasteiger partial charge < -0.3 is 10.6 Å². The summed E-state index contributed by atoms with van der Waals surface area (Å²) in [6, 6.07) is 0. The van der Waals surface area contributed by atoms with Crippen molar-refractivity contribution in [2.24, 2.45) is 5.41 Å². The first-order valence-corrected chi connectivity index (χ1v) is 7.77. The van der Waals surface area contributed by atoms with Gasteiger partial charge in [0.1, 0.15) is 17.5 Å². The van der Waals surface area contributed by atoms with Crippen molar-refractivity contribution < 1.29 is 0 Å². The minimum Gasteiger partial charge on any atom is -0.370 e. The first-order valence-electron chi connectivity index (χ1n) is 7.77. The minimum absolute atomic E-state index is 0.244. The maximum Gasteiger partial charge on any atom is 0.136 e. The van der Waals surface area contributed by atoms with Crippen LogP contribution >= 0.6 is 0 Å². The van der Waals surface area contributed by atoms with Gasteiger partial charge in [0.15, 0.2) is 0 Å². The lowest BCUT2D eigenvalue weighted by molar-refractivity contribution is 0.442. The molecule has 0 spiro atoms. The molecule has 0 bridgehead atoms. The molecule has 1 aliphatic carbocycles. The van der Waals surface area contributed by atoms with E-state index < -0.39 is 0 Å². The number of anilines is 2. The van der Waals surface area contributed by atoms with Crippen LogP contribution in [0.3, 0.4) is 0 Å². The molecular weight excluding hydrogens is 248 g/mol. The van der Waals surface area contributed by atoms with E-state index in [1.807, 2.05) is 0 Å². The van der Waals surface area contributed by atoms with Gasteiger partial charge in [-0.3, -0.25) is 0 Å². The molecule has 4 heteroatoms. The van der Waals surface area contributed by atoms with Crippen LogP contribution < -0.4 is 10.6 Å². The molecule has 0 saturated heterocycles. The Kier molecular flexibility index (Phi) is 4.51. The smallest absolute Gasteiger partial charge is 0.136 e. The van der Waals surface area contributed by atoms with E-state index in [0.717, 1.165) is 42.5 Å². The van der Waals surface area contributed by atoms with Crippen LogP contribution in [0, 0.1) is 12.3 Å². The molecule has 0 aromatic carbocycles. The van der Waals surface area contributed by atoms with Crippen LogP contribution in [0.15, 0.2) is 0 Å². The molecule has 1 aromatic rings. The van der Waals surface area contributed by atoms with E-state index in [2.05, 4.69) is 45.3 Å². The minimum atomic E-state index is 0.244. The molecular formula is C16H28N4. The summed E-state index contributed by atoms with van der Waals surface area (Å²) in [5.41, 5.74) is 1.38. The molecule has 1 heterocycles. The molecule has 0 amide bonds. The molecule has 0 radical (unpaired) electrons. The fourth-order valence-corrected chi connectivity index (χ4v) is 1.99. The topological polar surface area (TPSA) is 49.8 Å². The van der Waals surface area contributed by atoms with E-state index in [1.165, 1.54) is 12.8 Å². The SMILES string of the molecule is CCCNc1nc(C2CC2)nc(NCC(C)(C)C)c1C. The number of aromatic nitrogens is 2. The largest absolute Gasteiger partial charge is 0.370 e. The van der Waals surface area contributed by atoms with Gasteiger partial charge in [-0.15, -0.1) is 0 Å². The average Bonchev–Trinajstić information content (AvgIpc) is 3.19. The van der Waals surface area contributed by atoms with Crippen LogP contribution in [0.4, 0.5) is 11.6 Å². The summed E-state index contributed by atoms with van der Waals surface area (Å²) in [6.07, 6.45) is 3.57. The summed E-state index contributed by atoms with van der Waals surface area (Å²) in [7, 11) is 0. The Morgan fingerprint density at radius 1 is 1.10 bits per heavy atom. The zero-order valence-electron chi connectivity index (χ0n) is 13.5. The summed E-state index contributed by atoms with van der Waals surface area (Å²) in [5.74, 6) is 3.58. The predicted molar refractivity (Wildman–Crippen MR) is 85.5 cm³/mol. The molecule has 20 heavy (non-hydrogen) atoms. The van der Waals surface area contributed by atoms with E-state index in [-0.39, 0.29) is 5.41 Å². The zero-order valence-corrected chi connectivity index (χ0v) is 13.5. The standard InChI is InChI=1S/C16H28N4/c1-6-9-17-13-11(2)14(18-10-16(3,4)5)20-15(19-13)12-7-8-12/h12H,6-10H2,1-5H3,(H2,17,18,19,20). The monoisotopic (exact) mass is 276 g/mol. The summed E-state index contributed by atoms with van der Waals surface area (Å²) in [6.45, 7) is 12.8. The van der Waals surface area contributed by atoms with Gasteiger partial charge in [0.05, 0.1) is 0 Å². The van der Waals surface area contributed by atoms with Crippen molar-refractivity contribution in [1.29, 1.82) is 0 Å². The Hall–Kier alpha value is -1.32. The van der Waals surface area contributed by atoms with Crippen molar-refractivity contribution >= 4 is 11.6 Å². The normalized spacial score (nSPS) is 15.2. The van der Waals surface area contributed by atoms with Crippen LogP contribution in [-0.2, 0) is 0 Å². The van der Waals surface area contributed by atoms with Crippen molar-refractivity contribution in [3.8, 4) is 0 Å². The maximum absolute atomic E-state index is 4.74. The first kappa shape index (κ1) is 15.1. The predicted octanol–water partition coefficient (Wildman–Crippen LogP) is 3.94. The summed E-state index contributed by atoms with van der Waals surface area (Å²) in [4.78, 5) is 9.46. The lowest BCUT2D eigenvalue weighted by Crippen LogP contribution is -2.21. The second-order valence-electron chi connectivity index (χ2n) is 7.02. The molecule has 0 aliphatic heterocycles. The third kappa shape index (κ3) is 4.09. The van der Waals surface area contributed by atoms with Crippen molar-refractivity contribution in [2.45, 2.75) is 59.8 Å². The highest BCUT2D eigenvalue weighted by Crippen LogP contribution is 2.39. The number of rotatable bonds is 6. The fourth-order valence-electron chi connectivity index (χ4n) is 1.99. The van der Waals surface area contributed by atoms with Crippen LogP contribution in [0.1, 0.15) is 64.3 Å². The van der Waals surface area contributed by atoms with Gasteiger partial charge in [0.2, 0.25) is 0 Å². The average molecular weight is 276 g/mol. The fraction of sp³-hybridized carbons (Fsp3) is 0.750. The van der Waals surface area contributed by atoms with Gasteiger partial charge in [-0.25, -0.2) is 9.97 Å². The van der Waals surface area contributed by atoms with Gasteiger partial charge >= 0.3 is 0 Å². The summed E-state index contributed by atoms with van der Waals surface area (Å²) in [5, 5.41) is 6.93. The lowest BCUT2D eigenvalue weighted by atomic mass is 9.97. The summed E-state index contributed by atoms with van der Waals surface area (Å²) >= 11 is 0. The maximum atomic E-state index is 4.74. The first-order chi connectivity index (χ1) is 9.40. The number of nitrogens with one attached hydrogen (secondary N) is 2. The summed E-state index contributed by atoms with van der Waals surface area (Å²) < 4.78 is 0. The Morgan fingerprint density at radius 2 is 1.70 bits per heavy atom. The third-order valence-corrected chi connectivity index (χ3v) is 3.43. The van der Waals surface area contributed by atoms with Gasteiger partial charge in [-0.05, 0) is 31.6 Å². The van der Waals surface area contributed by atoms with Crippen LogP contribution in [0.2, 0.25) is 0 Å². The second kappa shape index (κ2) is 5.98. The van der Waals surface area contributed by atoms with Gasteiger partial charge in [0, 0.05) is 24.6 Å². The molecule has 2 N–H and O–H groups in total. The van der Waals surface area contributed by atoms with E-state index >= 15 is 0 Å². The zero-order chi connectivity index (χ0) is 14.8. The molecule has 4 nitrogen and oxygen atoms in total. The van der Waals surface area contributed by atoms with Crippen molar-refractivity contribution in [1.82, 2.24) is 9.97 Å². The van der Waals surface area contributed by atoms with E-state index in [9.17, 15) is 0 Å². The lowest BCUT2D eigenvalue weighted by Gasteiger charge is -2.21. The molecule has 0 unspecified atom stereocenters. The molecule has 0 atom stereocenters. The number of hydrogen-bond acceptors (Lipinski definition) is 4. The van der Waals surface area contributed by atoms with Crippen LogP contribution in [0.5, 0.6) is 0 Å². The number of nitrogens with zero attached hydrogens (tertiary/aromatic N) is 2. The Labute approximate surface area is 122 Å². The molecule has 1 fully saturated rings. The Balaban J connectivity index is 2.21. The molecule has 2 rings (SSSR count). The van der Waals surface area contributed by atoms with E-state index in [1.54, 1.807) is 0 Å². The number of hydrogen-bond donors (Lipinski definition) is 2. The second-order valence-corrected chi connectivity index (χ2v) is 7.02. The van der Waals surface area contributed by atoms with Crippen molar-refractivity contribution in [2.75, 3.05) is 23.7 Å². The third-order valence-electron chi connectivity index (χ3n) is 3.43. The molecule has 1 aliphatic rings. The Bertz CT molecular complexity index is 458. The van der Waals surface area contributed by atoms with Crippen LogP contribution in [-0.4, -0.2) is 23.1 Å². The van der Waals surface area contributed by atoms with Crippen molar-refractivity contribution in [3.05, 3.63) is 11.4 Å². The van der Waals surface area contributed by atoms with Gasteiger partial charge in [0.25, 0.3) is 0 Å². The highest BCUT2D eigenvalue weighted by Gasteiger charge is 2.28. The molecule has 112 valence electrons. The molecule has 1 saturated carbocycles. The molecule has 1 aromatic heterocycles.